The smallest absolute Gasteiger partial charge is 0.261 e. The highest BCUT2D eigenvalue weighted by molar-refractivity contribution is 7.99. The molecular weight excluding hydrogens is 354 g/mol. The Morgan fingerprint density at radius 2 is 1.77 bits per heavy atom. The van der Waals surface area contributed by atoms with E-state index < -0.39 is 9.84 Å². The zero-order valence-corrected chi connectivity index (χ0v) is 15.2. The zero-order valence-electron chi connectivity index (χ0n) is 14.3. The van der Waals surface area contributed by atoms with Crippen LogP contribution in [0.15, 0.2) is 36.5 Å². The number of aromatic nitrogens is 2. The summed E-state index contributed by atoms with van der Waals surface area (Å²) >= 11 is 0. The molecule has 1 unspecified atom stereocenters. The second-order valence-corrected chi connectivity index (χ2v) is 8.61. The predicted molar refractivity (Wildman–Crippen MR) is 95.0 cm³/mol. The average Bonchev–Trinajstić information content (AvgIpc) is 3.11. The fourth-order valence-corrected chi connectivity index (χ4v) is 4.26. The number of imide groups is 1. The lowest BCUT2D eigenvalue weighted by Crippen LogP contribution is -2.29. The maximum atomic E-state index is 12.5. The quantitative estimate of drug-likeness (QED) is 0.770. The Morgan fingerprint density at radius 3 is 2.35 bits per heavy atom. The van der Waals surface area contributed by atoms with Crippen LogP contribution in [-0.4, -0.2) is 40.9 Å². The fraction of sp³-hybridized carbons (Fsp3) is 0.278. The van der Waals surface area contributed by atoms with Crippen molar-refractivity contribution >= 4 is 26.6 Å². The number of amides is 2. The SMILES string of the molecule is CC1CC=C(S(C)(=O)=O)c2nc(CN3C(=O)c4ccccc4C3=O)cn21. The molecule has 2 aliphatic heterocycles. The number of carbonyl (C=O) groups excluding carboxylic acids is 2. The number of sulfone groups is 1. The van der Waals surface area contributed by atoms with Crippen molar-refractivity contribution in [3.8, 4) is 0 Å². The molecule has 3 heterocycles. The molecule has 8 heteroatoms. The van der Waals surface area contributed by atoms with Crippen molar-refractivity contribution < 1.29 is 18.0 Å². The van der Waals surface area contributed by atoms with Gasteiger partial charge in [-0.05, 0) is 25.5 Å². The molecular formula is C18H17N3O4S. The van der Waals surface area contributed by atoms with Crippen LogP contribution in [0, 0.1) is 0 Å². The van der Waals surface area contributed by atoms with Crippen molar-refractivity contribution in [3.63, 3.8) is 0 Å². The largest absolute Gasteiger partial charge is 0.327 e. The first-order valence-corrected chi connectivity index (χ1v) is 10.1. The van der Waals surface area contributed by atoms with Gasteiger partial charge in [0.25, 0.3) is 11.8 Å². The van der Waals surface area contributed by atoms with Gasteiger partial charge in [-0.1, -0.05) is 18.2 Å². The van der Waals surface area contributed by atoms with E-state index in [0.29, 0.717) is 29.1 Å². The Labute approximate surface area is 150 Å². The topological polar surface area (TPSA) is 89.3 Å². The average molecular weight is 371 g/mol. The van der Waals surface area contributed by atoms with Crippen LogP contribution >= 0.6 is 0 Å². The van der Waals surface area contributed by atoms with E-state index >= 15 is 0 Å². The number of nitrogens with zero attached hydrogens (tertiary/aromatic N) is 3. The van der Waals surface area contributed by atoms with Gasteiger partial charge in [0.05, 0.1) is 23.4 Å². The van der Waals surface area contributed by atoms with Crippen molar-refractivity contribution in [2.75, 3.05) is 6.26 Å². The third-order valence-corrected chi connectivity index (χ3v) is 5.87. The van der Waals surface area contributed by atoms with Crippen molar-refractivity contribution in [2.24, 2.45) is 0 Å². The van der Waals surface area contributed by atoms with Gasteiger partial charge in [-0.25, -0.2) is 13.4 Å². The van der Waals surface area contributed by atoms with Gasteiger partial charge in [0.2, 0.25) is 0 Å². The molecule has 0 aliphatic carbocycles. The van der Waals surface area contributed by atoms with Crippen molar-refractivity contribution in [1.82, 2.24) is 14.5 Å². The van der Waals surface area contributed by atoms with Crippen molar-refractivity contribution in [3.05, 3.63) is 59.2 Å². The summed E-state index contributed by atoms with van der Waals surface area (Å²) in [5.74, 6) is -0.357. The highest BCUT2D eigenvalue weighted by atomic mass is 32.2. The molecule has 0 saturated carbocycles. The summed E-state index contributed by atoms with van der Waals surface area (Å²) in [6.07, 6.45) is 5.13. The first-order valence-electron chi connectivity index (χ1n) is 8.21. The second-order valence-electron chi connectivity index (χ2n) is 6.63. The first-order chi connectivity index (χ1) is 12.3. The van der Waals surface area contributed by atoms with Gasteiger partial charge in [0.1, 0.15) is 4.91 Å². The summed E-state index contributed by atoms with van der Waals surface area (Å²) < 4.78 is 25.8. The standard InChI is InChI=1S/C18H17N3O4S/c1-11-7-8-15(26(2,24)25)16-19-12(9-20(11)16)10-21-17(22)13-5-3-4-6-14(13)18(21)23/h3-6,8-9,11H,7,10H2,1-2H3. The molecule has 0 saturated heterocycles. The van der Waals surface area contributed by atoms with Gasteiger partial charge in [-0.15, -0.1) is 0 Å². The van der Waals surface area contributed by atoms with Gasteiger partial charge < -0.3 is 4.57 Å². The molecule has 0 fully saturated rings. The van der Waals surface area contributed by atoms with Gasteiger partial charge in [-0.3, -0.25) is 14.5 Å². The maximum absolute atomic E-state index is 12.5. The van der Waals surface area contributed by atoms with Gasteiger partial charge in [0.15, 0.2) is 15.7 Å². The lowest BCUT2D eigenvalue weighted by Gasteiger charge is -2.20. The predicted octanol–water partition coefficient (Wildman–Crippen LogP) is 2.03. The van der Waals surface area contributed by atoms with Crippen LogP contribution in [0.25, 0.3) is 4.91 Å². The monoisotopic (exact) mass is 371 g/mol. The molecule has 0 bridgehead atoms. The summed E-state index contributed by atoms with van der Waals surface area (Å²) in [7, 11) is -3.41. The van der Waals surface area contributed by atoms with Crippen molar-refractivity contribution in [2.45, 2.75) is 25.9 Å². The first kappa shape index (κ1) is 16.7. The normalized spacial score (nSPS) is 19.4. The molecule has 1 aromatic heterocycles. The molecule has 26 heavy (non-hydrogen) atoms. The molecule has 0 radical (unpaired) electrons. The van der Waals surface area contributed by atoms with Crippen LogP contribution in [0.4, 0.5) is 0 Å². The number of imidazole rings is 1. The van der Waals surface area contributed by atoms with Gasteiger partial charge in [-0.2, -0.15) is 0 Å². The van der Waals surface area contributed by atoms with Crippen LogP contribution in [-0.2, 0) is 16.4 Å². The van der Waals surface area contributed by atoms with Crippen LogP contribution in [0.2, 0.25) is 0 Å². The Hall–Kier alpha value is -2.74. The van der Waals surface area contributed by atoms with Crippen LogP contribution < -0.4 is 0 Å². The Morgan fingerprint density at radius 1 is 1.15 bits per heavy atom. The highest BCUT2D eigenvalue weighted by Crippen LogP contribution is 2.32. The van der Waals surface area contributed by atoms with E-state index in [2.05, 4.69) is 4.98 Å². The Kier molecular flexibility index (Phi) is 3.62. The van der Waals surface area contributed by atoms with Crippen LogP contribution in [0.5, 0.6) is 0 Å². The van der Waals surface area contributed by atoms with E-state index in [0.717, 1.165) is 11.2 Å². The molecule has 4 rings (SSSR count). The lowest BCUT2D eigenvalue weighted by molar-refractivity contribution is 0.0640. The fourth-order valence-electron chi connectivity index (χ4n) is 3.38. The molecule has 2 aromatic rings. The molecule has 2 amide bonds. The molecule has 134 valence electrons. The number of hydrogen-bond donors (Lipinski definition) is 0. The minimum atomic E-state index is -3.41. The summed E-state index contributed by atoms with van der Waals surface area (Å²) in [6.45, 7) is 1.97. The Balaban J connectivity index is 1.69. The molecule has 1 aromatic carbocycles. The number of hydrogen-bond acceptors (Lipinski definition) is 5. The maximum Gasteiger partial charge on any atom is 0.261 e. The summed E-state index contributed by atoms with van der Waals surface area (Å²) in [5.41, 5.74) is 1.25. The molecule has 7 nitrogen and oxygen atoms in total. The number of carbonyl (C=O) groups is 2. The third-order valence-electron chi connectivity index (χ3n) is 4.72. The van der Waals surface area contributed by atoms with Crippen LogP contribution in [0.3, 0.4) is 0 Å². The Bertz CT molecular complexity index is 1050. The van der Waals surface area contributed by atoms with Gasteiger partial charge in [0, 0.05) is 18.5 Å². The van der Waals surface area contributed by atoms with E-state index in [1.165, 1.54) is 0 Å². The summed E-state index contributed by atoms with van der Waals surface area (Å²) in [5, 5.41) is 0. The molecule has 1 atom stereocenters. The minimum absolute atomic E-state index is 0.0100. The van der Waals surface area contributed by atoms with E-state index in [1.54, 1.807) is 41.1 Å². The zero-order chi connectivity index (χ0) is 18.6. The lowest BCUT2D eigenvalue weighted by atomic mass is 10.1. The van der Waals surface area contributed by atoms with Crippen molar-refractivity contribution in [1.29, 1.82) is 0 Å². The minimum Gasteiger partial charge on any atom is -0.327 e. The second kappa shape index (κ2) is 5.63. The summed E-state index contributed by atoms with van der Waals surface area (Å²) in [4.78, 5) is 30.8. The molecule has 0 spiro atoms. The number of rotatable bonds is 3. The number of allylic oxidation sites excluding steroid dienone is 1. The van der Waals surface area contributed by atoms with E-state index in [1.807, 2.05) is 6.92 Å². The highest BCUT2D eigenvalue weighted by Gasteiger charge is 2.36. The molecule has 0 N–H and O–H groups in total. The number of benzene rings is 1. The van der Waals surface area contributed by atoms with E-state index in [-0.39, 0.29) is 29.3 Å². The van der Waals surface area contributed by atoms with Gasteiger partial charge >= 0.3 is 0 Å². The van der Waals surface area contributed by atoms with Crippen LogP contribution in [0.1, 0.15) is 51.6 Å². The summed E-state index contributed by atoms with van der Waals surface area (Å²) in [6, 6.07) is 6.74. The number of fused-ring (bicyclic) bond motifs is 2. The molecule has 2 aliphatic rings. The van der Waals surface area contributed by atoms with E-state index in [4.69, 9.17) is 0 Å². The third kappa shape index (κ3) is 2.48. The van der Waals surface area contributed by atoms with E-state index in [9.17, 15) is 18.0 Å².